The van der Waals surface area contributed by atoms with Crippen molar-refractivity contribution < 1.29 is 0 Å². The average Bonchev–Trinajstić information content (AvgIpc) is 3.09. The summed E-state index contributed by atoms with van der Waals surface area (Å²) in [5.74, 6) is 0. The van der Waals surface area contributed by atoms with E-state index in [2.05, 4.69) is 128 Å². The zero-order chi connectivity index (χ0) is 22.0. The molecule has 0 saturated heterocycles. The highest BCUT2D eigenvalue weighted by Crippen LogP contribution is 2.38. The summed E-state index contributed by atoms with van der Waals surface area (Å²) in [7, 11) is 4.11. The van der Waals surface area contributed by atoms with Gasteiger partial charge in [-0.15, -0.1) is 0 Å². The molecule has 0 unspecified atom stereocenters. The van der Waals surface area contributed by atoms with Crippen LogP contribution in [-0.2, 0) is 12.5 Å². The van der Waals surface area contributed by atoms with Gasteiger partial charge in [0.05, 0.1) is 5.69 Å². The van der Waals surface area contributed by atoms with Crippen molar-refractivity contribution >= 4 is 22.7 Å². The normalized spacial score (nSPS) is 11.9. The monoisotopic (exact) mass is 406 g/mol. The first-order valence-electron chi connectivity index (χ1n) is 10.7. The molecule has 0 atom stereocenters. The predicted octanol–water partition coefficient (Wildman–Crippen LogP) is 7.43. The van der Waals surface area contributed by atoms with E-state index in [1.54, 1.807) is 0 Å². The zero-order valence-electron chi connectivity index (χ0n) is 18.8. The lowest BCUT2D eigenvalue weighted by Crippen LogP contribution is -2.20. The fourth-order valence-electron chi connectivity index (χ4n) is 4.35. The Bertz CT molecular complexity index is 1260. The minimum atomic E-state index is -0.201. The molecule has 2 nitrogen and oxygen atoms in total. The molecule has 0 saturated carbocycles. The van der Waals surface area contributed by atoms with Gasteiger partial charge in [-0.3, -0.25) is 0 Å². The van der Waals surface area contributed by atoms with Gasteiger partial charge in [0.15, 0.2) is 0 Å². The Hall–Kier alpha value is -3.52. The summed E-state index contributed by atoms with van der Waals surface area (Å²) in [6, 6.07) is 27.6. The molecule has 4 rings (SSSR count). The molecule has 2 heteroatoms. The van der Waals surface area contributed by atoms with Crippen LogP contribution < -0.4 is 5.32 Å². The number of allylic oxidation sites excluding steroid dienone is 2. The summed E-state index contributed by atoms with van der Waals surface area (Å²) in [5, 5.41) is 4.57. The van der Waals surface area contributed by atoms with Crippen molar-refractivity contribution in [3.8, 4) is 11.3 Å². The molecule has 1 heterocycles. The largest absolute Gasteiger partial charge is 0.388 e. The van der Waals surface area contributed by atoms with E-state index >= 15 is 0 Å². The minimum absolute atomic E-state index is 0.201. The van der Waals surface area contributed by atoms with Crippen LogP contribution in [-0.4, -0.2) is 11.6 Å². The lowest BCUT2D eigenvalue weighted by molar-refractivity contribution is 0.644. The Labute approximate surface area is 185 Å². The van der Waals surface area contributed by atoms with Gasteiger partial charge in [0, 0.05) is 41.7 Å². The minimum Gasteiger partial charge on any atom is -0.388 e. The number of fused-ring (bicyclic) bond motifs is 1. The number of benzene rings is 3. The van der Waals surface area contributed by atoms with Gasteiger partial charge in [-0.1, -0.05) is 99.3 Å². The zero-order valence-corrected chi connectivity index (χ0v) is 18.8. The first kappa shape index (κ1) is 20.7. The first-order chi connectivity index (χ1) is 14.9. The maximum absolute atomic E-state index is 4.46. The average molecular weight is 407 g/mol. The fourth-order valence-corrected chi connectivity index (χ4v) is 4.35. The Morgan fingerprint density at radius 1 is 0.903 bits per heavy atom. The van der Waals surface area contributed by atoms with Crippen LogP contribution in [0.4, 0.5) is 5.69 Å². The van der Waals surface area contributed by atoms with Crippen molar-refractivity contribution in [3.05, 3.63) is 108 Å². The van der Waals surface area contributed by atoms with Crippen LogP contribution in [0.1, 0.15) is 25.0 Å². The fraction of sp³-hybridized carbons (Fsp3) is 0.172. The van der Waals surface area contributed by atoms with Crippen molar-refractivity contribution in [2.45, 2.75) is 19.3 Å². The van der Waals surface area contributed by atoms with E-state index in [9.17, 15) is 0 Å². The third kappa shape index (κ3) is 3.70. The Balaban J connectivity index is 1.81. The van der Waals surface area contributed by atoms with Crippen molar-refractivity contribution in [1.82, 2.24) is 4.57 Å². The third-order valence-electron chi connectivity index (χ3n) is 6.32. The molecule has 0 aliphatic rings. The Kier molecular flexibility index (Phi) is 5.56. The van der Waals surface area contributed by atoms with Crippen molar-refractivity contribution in [1.29, 1.82) is 0 Å². The molecule has 0 spiro atoms. The molecule has 156 valence electrons. The van der Waals surface area contributed by atoms with E-state index < -0.39 is 0 Å². The number of hydrogen-bond acceptors (Lipinski definition) is 1. The van der Waals surface area contributed by atoms with E-state index in [4.69, 9.17) is 0 Å². The topological polar surface area (TPSA) is 17.0 Å². The van der Waals surface area contributed by atoms with Gasteiger partial charge in [-0.25, -0.2) is 0 Å². The highest BCUT2D eigenvalue weighted by molar-refractivity contribution is 5.97. The Morgan fingerprint density at radius 2 is 1.55 bits per heavy atom. The van der Waals surface area contributed by atoms with Gasteiger partial charge in [0.25, 0.3) is 0 Å². The van der Waals surface area contributed by atoms with Gasteiger partial charge >= 0.3 is 0 Å². The quantitative estimate of drug-likeness (QED) is 0.329. The second-order valence-corrected chi connectivity index (χ2v) is 8.48. The van der Waals surface area contributed by atoms with E-state index in [1.165, 1.54) is 33.3 Å². The van der Waals surface area contributed by atoms with Crippen LogP contribution in [0.2, 0.25) is 0 Å². The molecule has 4 aromatic rings. The summed E-state index contributed by atoms with van der Waals surface area (Å²) in [4.78, 5) is 0. The number of aryl methyl sites for hydroxylation is 1. The maximum atomic E-state index is 4.46. The predicted molar refractivity (Wildman–Crippen MR) is 136 cm³/mol. The van der Waals surface area contributed by atoms with Crippen molar-refractivity contribution in [3.63, 3.8) is 0 Å². The number of nitrogens with one attached hydrogen (secondary N) is 1. The SMILES string of the molecule is C=C(C=Cc1c(-c2ccccc2)n(C)c2ccccc12)C(C)(C)c1ccccc1NC. The van der Waals surface area contributed by atoms with E-state index in [-0.39, 0.29) is 5.41 Å². The second kappa shape index (κ2) is 8.31. The van der Waals surface area contributed by atoms with Crippen LogP contribution in [0.5, 0.6) is 0 Å². The number of rotatable bonds is 6. The van der Waals surface area contributed by atoms with Gasteiger partial charge in [0.1, 0.15) is 0 Å². The number of nitrogens with zero attached hydrogens (tertiary/aromatic N) is 1. The number of para-hydroxylation sites is 2. The highest BCUT2D eigenvalue weighted by Gasteiger charge is 2.25. The third-order valence-corrected chi connectivity index (χ3v) is 6.32. The molecule has 1 N–H and O–H groups in total. The van der Waals surface area contributed by atoms with Crippen molar-refractivity contribution in [2.75, 3.05) is 12.4 Å². The molecule has 0 aliphatic carbocycles. The highest BCUT2D eigenvalue weighted by atomic mass is 14.9. The molecule has 1 aromatic heterocycles. The van der Waals surface area contributed by atoms with Crippen LogP contribution in [0.25, 0.3) is 28.2 Å². The molecule has 0 aliphatic heterocycles. The van der Waals surface area contributed by atoms with E-state index in [1.807, 2.05) is 7.05 Å². The Morgan fingerprint density at radius 3 is 2.29 bits per heavy atom. The number of anilines is 1. The van der Waals surface area contributed by atoms with Gasteiger partial charge in [0.2, 0.25) is 0 Å². The van der Waals surface area contributed by atoms with Crippen LogP contribution >= 0.6 is 0 Å². The summed E-state index contributed by atoms with van der Waals surface area (Å²) >= 11 is 0. The van der Waals surface area contributed by atoms with Gasteiger partial charge in [-0.05, 0) is 28.8 Å². The molecule has 3 aromatic carbocycles. The van der Waals surface area contributed by atoms with Gasteiger partial charge in [-0.2, -0.15) is 0 Å². The number of aromatic nitrogens is 1. The second-order valence-electron chi connectivity index (χ2n) is 8.48. The maximum Gasteiger partial charge on any atom is 0.0562 e. The van der Waals surface area contributed by atoms with Crippen LogP contribution in [0.3, 0.4) is 0 Å². The smallest absolute Gasteiger partial charge is 0.0562 e. The summed E-state index contributed by atoms with van der Waals surface area (Å²) in [6.45, 7) is 8.93. The molecular weight excluding hydrogens is 376 g/mol. The van der Waals surface area contributed by atoms with E-state index in [0.717, 1.165) is 11.3 Å². The molecule has 31 heavy (non-hydrogen) atoms. The molecule has 0 bridgehead atoms. The molecule has 0 radical (unpaired) electrons. The first-order valence-corrected chi connectivity index (χ1v) is 10.7. The van der Waals surface area contributed by atoms with Crippen LogP contribution in [0.15, 0.2) is 97.1 Å². The summed E-state index contributed by atoms with van der Waals surface area (Å²) in [5.41, 5.74) is 8.14. The lowest BCUT2D eigenvalue weighted by atomic mass is 9.77. The molecular formula is C29H30N2. The molecule has 0 fully saturated rings. The number of hydrogen-bond donors (Lipinski definition) is 1. The summed E-state index contributed by atoms with van der Waals surface area (Å²) < 4.78 is 2.29. The lowest BCUT2D eigenvalue weighted by Gasteiger charge is -2.28. The van der Waals surface area contributed by atoms with Crippen LogP contribution in [0, 0.1) is 0 Å². The van der Waals surface area contributed by atoms with E-state index in [0.29, 0.717) is 0 Å². The van der Waals surface area contributed by atoms with Gasteiger partial charge < -0.3 is 9.88 Å². The summed E-state index contributed by atoms with van der Waals surface area (Å²) in [6.07, 6.45) is 4.41. The van der Waals surface area contributed by atoms with Crippen molar-refractivity contribution in [2.24, 2.45) is 7.05 Å². The standard InChI is InChI=1S/C29H30N2/c1-21(29(2,3)25-16-10-11-17-26(25)30-4)19-20-24-23-15-9-12-18-27(23)31(5)28(24)22-13-7-6-8-14-22/h6-20,30H,1H2,2-5H3. The molecule has 0 amide bonds.